The van der Waals surface area contributed by atoms with Crippen molar-refractivity contribution in [1.29, 1.82) is 0 Å². The maximum atomic E-state index is 13.2. The molecule has 0 fully saturated rings. The molecule has 0 atom stereocenters. The predicted molar refractivity (Wildman–Crippen MR) is 121 cm³/mol. The third-order valence-corrected chi connectivity index (χ3v) is 5.31. The lowest BCUT2D eigenvalue weighted by Crippen LogP contribution is -2.26. The first-order valence-electron chi connectivity index (χ1n) is 10.3. The van der Waals surface area contributed by atoms with Gasteiger partial charge in [-0.1, -0.05) is 60.2 Å². The summed E-state index contributed by atoms with van der Waals surface area (Å²) >= 11 is 0. The number of rotatable bonds is 6. The van der Waals surface area contributed by atoms with Crippen LogP contribution >= 0.6 is 0 Å². The van der Waals surface area contributed by atoms with Crippen molar-refractivity contribution in [3.05, 3.63) is 83.0 Å². The smallest absolute Gasteiger partial charge is 0.252 e. The number of aromatic nitrogens is 3. The number of hydrogen-bond donors (Lipinski definition) is 1. The molecule has 0 aliphatic heterocycles. The monoisotopic (exact) mass is 398 g/mol. The van der Waals surface area contributed by atoms with Gasteiger partial charge < -0.3 is 5.32 Å². The van der Waals surface area contributed by atoms with Gasteiger partial charge >= 0.3 is 0 Å². The van der Waals surface area contributed by atoms with Gasteiger partial charge in [0, 0.05) is 18.7 Å². The lowest BCUT2D eigenvalue weighted by atomic mass is 10.0. The van der Waals surface area contributed by atoms with E-state index < -0.39 is 0 Å². The zero-order chi connectivity index (χ0) is 21.1. The highest BCUT2D eigenvalue weighted by Gasteiger charge is 2.19. The van der Waals surface area contributed by atoms with Crippen molar-refractivity contribution < 1.29 is 4.79 Å². The van der Waals surface area contributed by atoms with Crippen LogP contribution in [-0.4, -0.2) is 27.2 Å². The number of nitrogens with one attached hydrogen (secondary N) is 1. The summed E-state index contributed by atoms with van der Waals surface area (Å²) in [5.74, 6) is -0.0922. The lowest BCUT2D eigenvalue weighted by molar-refractivity contribution is 0.0955. The Balaban J connectivity index is 1.70. The Labute approximate surface area is 176 Å². The van der Waals surface area contributed by atoms with Crippen LogP contribution in [0.5, 0.6) is 0 Å². The van der Waals surface area contributed by atoms with Gasteiger partial charge in [-0.15, -0.1) is 0 Å². The number of pyridine rings is 1. The molecule has 1 amide bonds. The van der Waals surface area contributed by atoms with E-state index in [9.17, 15) is 4.79 Å². The van der Waals surface area contributed by atoms with E-state index in [1.54, 1.807) is 0 Å². The van der Waals surface area contributed by atoms with Crippen LogP contribution in [0.4, 0.5) is 0 Å². The van der Waals surface area contributed by atoms with Crippen LogP contribution < -0.4 is 5.32 Å². The third kappa shape index (κ3) is 3.96. The average Bonchev–Trinajstić information content (AvgIpc) is 3.10. The Bertz CT molecular complexity index is 1180. The van der Waals surface area contributed by atoms with Gasteiger partial charge in [0.05, 0.1) is 22.3 Å². The fourth-order valence-electron chi connectivity index (χ4n) is 3.69. The highest BCUT2D eigenvalue weighted by atomic mass is 16.1. The molecule has 1 N–H and O–H groups in total. The van der Waals surface area contributed by atoms with Crippen molar-refractivity contribution >= 4 is 16.9 Å². The molecule has 2 aromatic heterocycles. The Morgan fingerprint density at radius 2 is 1.77 bits per heavy atom. The lowest BCUT2D eigenvalue weighted by Gasteiger charge is -2.10. The van der Waals surface area contributed by atoms with Crippen molar-refractivity contribution in [3.63, 3.8) is 0 Å². The summed E-state index contributed by atoms with van der Waals surface area (Å²) in [6, 6.07) is 20.3. The first-order chi connectivity index (χ1) is 14.6. The summed E-state index contributed by atoms with van der Waals surface area (Å²) in [5, 5.41) is 8.50. The first kappa shape index (κ1) is 19.8. The van der Waals surface area contributed by atoms with E-state index in [4.69, 9.17) is 4.98 Å². The van der Waals surface area contributed by atoms with E-state index in [2.05, 4.69) is 41.6 Å². The van der Waals surface area contributed by atoms with E-state index in [1.807, 2.05) is 54.9 Å². The van der Waals surface area contributed by atoms with Gasteiger partial charge in [0.2, 0.25) is 0 Å². The highest BCUT2D eigenvalue weighted by Crippen LogP contribution is 2.27. The summed E-state index contributed by atoms with van der Waals surface area (Å²) in [7, 11) is 0. The number of carbonyl (C=O) groups excluding carboxylic acids is 1. The van der Waals surface area contributed by atoms with Crippen molar-refractivity contribution in [2.45, 2.75) is 33.7 Å². The maximum Gasteiger partial charge on any atom is 0.252 e. The number of nitrogens with zero attached hydrogens (tertiary/aromatic N) is 3. The second-order valence-electron chi connectivity index (χ2n) is 7.51. The molecule has 0 aliphatic carbocycles. The Hall–Kier alpha value is -3.47. The molecule has 2 aromatic carbocycles. The molecular weight excluding hydrogens is 372 g/mol. The van der Waals surface area contributed by atoms with Gasteiger partial charge in [0.25, 0.3) is 5.91 Å². The second kappa shape index (κ2) is 8.49. The minimum atomic E-state index is -0.0922. The Kier molecular flexibility index (Phi) is 5.61. The quantitative estimate of drug-likeness (QED) is 0.512. The number of fused-ring (bicyclic) bond motifs is 1. The molecule has 0 radical (unpaired) electrons. The second-order valence-corrected chi connectivity index (χ2v) is 7.51. The number of amides is 1. The normalized spacial score (nSPS) is 11.0. The summed E-state index contributed by atoms with van der Waals surface area (Å²) in [5.41, 5.74) is 6.36. The number of hydrogen-bond acceptors (Lipinski definition) is 3. The van der Waals surface area contributed by atoms with E-state index in [1.165, 1.54) is 11.1 Å². The fourth-order valence-corrected chi connectivity index (χ4v) is 3.69. The van der Waals surface area contributed by atoms with E-state index in [0.717, 1.165) is 34.4 Å². The Morgan fingerprint density at radius 3 is 2.47 bits per heavy atom. The SMILES string of the molecule is CCn1nc(C)c2c(C(=O)NCCc3ccccc3)cc(-c3ccc(C)cc3)nc21. The van der Waals surface area contributed by atoms with Crippen molar-refractivity contribution in [1.82, 2.24) is 20.1 Å². The molecule has 152 valence electrons. The van der Waals surface area contributed by atoms with Gasteiger partial charge in [-0.25, -0.2) is 9.67 Å². The predicted octanol–water partition coefficient (Wildman–Crippen LogP) is 4.71. The summed E-state index contributed by atoms with van der Waals surface area (Å²) in [6.07, 6.45) is 0.791. The molecule has 4 rings (SSSR count). The first-order valence-corrected chi connectivity index (χ1v) is 10.3. The zero-order valence-corrected chi connectivity index (χ0v) is 17.6. The molecule has 2 heterocycles. The maximum absolute atomic E-state index is 13.2. The van der Waals surface area contributed by atoms with E-state index in [-0.39, 0.29) is 5.91 Å². The molecule has 5 heteroatoms. The average molecular weight is 399 g/mol. The van der Waals surface area contributed by atoms with Crippen LogP contribution in [0.25, 0.3) is 22.3 Å². The molecule has 4 aromatic rings. The molecule has 0 unspecified atom stereocenters. The number of carbonyl (C=O) groups is 1. The van der Waals surface area contributed by atoms with Crippen LogP contribution in [0, 0.1) is 13.8 Å². The molecule has 0 bridgehead atoms. The van der Waals surface area contributed by atoms with E-state index in [0.29, 0.717) is 18.7 Å². The van der Waals surface area contributed by atoms with E-state index >= 15 is 0 Å². The molecule has 0 saturated carbocycles. The highest BCUT2D eigenvalue weighted by molar-refractivity contribution is 6.07. The minimum absolute atomic E-state index is 0.0922. The molecule has 5 nitrogen and oxygen atoms in total. The van der Waals surface area contributed by atoms with Crippen LogP contribution in [0.3, 0.4) is 0 Å². The molecular formula is C25H26N4O. The van der Waals surface area contributed by atoms with Crippen LogP contribution in [-0.2, 0) is 13.0 Å². The molecule has 0 saturated heterocycles. The van der Waals surface area contributed by atoms with Crippen LogP contribution in [0.15, 0.2) is 60.7 Å². The van der Waals surface area contributed by atoms with Gasteiger partial charge in [-0.05, 0) is 38.8 Å². The van der Waals surface area contributed by atoms with Crippen LogP contribution in [0.1, 0.15) is 34.1 Å². The van der Waals surface area contributed by atoms with Crippen molar-refractivity contribution in [3.8, 4) is 11.3 Å². The van der Waals surface area contributed by atoms with Gasteiger partial charge in [-0.2, -0.15) is 5.10 Å². The minimum Gasteiger partial charge on any atom is -0.352 e. The van der Waals surface area contributed by atoms with Crippen molar-refractivity contribution in [2.75, 3.05) is 6.54 Å². The van der Waals surface area contributed by atoms with Crippen LogP contribution in [0.2, 0.25) is 0 Å². The summed E-state index contributed by atoms with van der Waals surface area (Å²) in [4.78, 5) is 18.0. The summed E-state index contributed by atoms with van der Waals surface area (Å²) < 4.78 is 1.86. The topological polar surface area (TPSA) is 59.8 Å². The molecule has 30 heavy (non-hydrogen) atoms. The number of benzene rings is 2. The standard InChI is InChI=1S/C25H26N4O/c1-4-29-24-23(18(3)28-29)21(16-22(27-24)20-12-10-17(2)11-13-20)25(30)26-15-14-19-8-6-5-7-9-19/h5-13,16H,4,14-15H2,1-3H3,(H,26,30). The molecule has 0 aliphatic rings. The zero-order valence-electron chi connectivity index (χ0n) is 17.6. The van der Waals surface area contributed by atoms with Gasteiger partial charge in [0.1, 0.15) is 0 Å². The largest absolute Gasteiger partial charge is 0.352 e. The fraction of sp³-hybridized carbons (Fsp3) is 0.240. The summed E-state index contributed by atoms with van der Waals surface area (Å²) in [6.45, 7) is 7.30. The van der Waals surface area contributed by atoms with Gasteiger partial charge in [0.15, 0.2) is 5.65 Å². The van der Waals surface area contributed by atoms with Crippen molar-refractivity contribution in [2.24, 2.45) is 0 Å². The third-order valence-electron chi connectivity index (χ3n) is 5.31. The van der Waals surface area contributed by atoms with Gasteiger partial charge in [-0.3, -0.25) is 4.79 Å². The molecule has 0 spiro atoms. The number of aryl methyl sites for hydroxylation is 3. The Morgan fingerprint density at radius 1 is 1.03 bits per heavy atom.